The molecule has 1 saturated heterocycles. The third-order valence-corrected chi connectivity index (χ3v) is 3.35. The van der Waals surface area contributed by atoms with E-state index in [1.165, 1.54) is 11.3 Å². The van der Waals surface area contributed by atoms with Crippen LogP contribution in [0.1, 0.15) is 10.9 Å². The summed E-state index contributed by atoms with van der Waals surface area (Å²) in [7, 11) is 1.69. The van der Waals surface area contributed by atoms with Crippen molar-refractivity contribution >= 4 is 11.8 Å². The Labute approximate surface area is 82.7 Å². The average molecular weight is 195 g/mol. The molecule has 1 aliphatic heterocycles. The number of hydrogen-bond acceptors (Lipinski definition) is 3. The Kier molecular flexibility index (Phi) is 2.76. The second-order valence-electron chi connectivity index (χ2n) is 2.98. The topological polar surface area (TPSA) is 21.3 Å². The first-order chi connectivity index (χ1) is 6.40. The molecule has 13 heavy (non-hydrogen) atoms. The molecule has 0 aliphatic carbocycles. The summed E-state index contributed by atoms with van der Waals surface area (Å²) >= 11 is 1.96. The highest BCUT2D eigenvalue weighted by atomic mass is 32.2. The lowest BCUT2D eigenvalue weighted by Gasteiger charge is -2.09. The monoisotopic (exact) mass is 195 g/mol. The van der Waals surface area contributed by atoms with Crippen molar-refractivity contribution < 1.29 is 4.74 Å². The van der Waals surface area contributed by atoms with Gasteiger partial charge in [-0.05, 0) is 17.7 Å². The summed E-state index contributed by atoms with van der Waals surface area (Å²) in [6.07, 6.45) is 0. The fraction of sp³-hybridized carbons (Fsp3) is 0.400. The first kappa shape index (κ1) is 8.91. The predicted octanol–water partition coefficient (Wildman–Crippen LogP) is 2.03. The van der Waals surface area contributed by atoms with Gasteiger partial charge in [0.25, 0.3) is 0 Å². The van der Waals surface area contributed by atoms with Gasteiger partial charge in [-0.1, -0.05) is 12.1 Å². The fourth-order valence-corrected chi connectivity index (χ4v) is 2.48. The third kappa shape index (κ3) is 1.98. The van der Waals surface area contributed by atoms with Gasteiger partial charge in [-0.15, -0.1) is 11.8 Å². The summed E-state index contributed by atoms with van der Waals surface area (Å²) in [5, 5.41) is 3.91. The van der Waals surface area contributed by atoms with E-state index in [9.17, 15) is 0 Å². The summed E-state index contributed by atoms with van der Waals surface area (Å²) in [6, 6.07) is 8.26. The number of benzene rings is 1. The number of nitrogens with one attached hydrogen (secondary N) is 1. The zero-order valence-electron chi connectivity index (χ0n) is 7.62. The highest BCUT2D eigenvalue weighted by Crippen LogP contribution is 2.30. The number of rotatable bonds is 2. The van der Waals surface area contributed by atoms with E-state index in [4.69, 9.17) is 4.74 Å². The van der Waals surface area contributed by atoms with Crippen molar-refractivity contribution in [1.82, 2.24) is 5.32 Å². The van der Waals surface area contributed by atoms with E-state index in [1.807, 2.05) is 23.9 Å². The van der Waals surface area contributed by atoms with Crippen LogP contribution < -0.4 is 10.1 Å². The molecule has 0 unspecified atom stereocenters. The molecule has 0 spiro atoms. The van der Waals surface area contributed by atoms with Gasteiger partial charge in [0.1, 0.15) is 5.75 Å². The van der Waals surface area contributed by atoms with Crippen LogP contribution in [0.25, 0.3) is 0 Å². The van der Waals surface area contributed by atoms with Crippen molar-refractivity contribution in [3.05, 3.63) is 29.8 Å². The first-order valence-corrected chi connectivity index (χ1v) is 5.44. The van der Waals surface area contributed by atoms with Crippen LogP contribution in [-0.4, -0.2) is 19.4 Å². The molecular formula is C10H13NOS. The maximum Gasteiger partial charge on any atom is 0.118 e. The van der Waals surface area contributed by atoms with E-state index >= 15 is 0 Å². The van der Waals surface area contributed by atoms with Crippen molar-refractivity contribution in [3.8, 4) is 5.75 Å². The first-order valence-electron chi connectivity index (χ1n) is 4.39. The minimum atomic E-state index is 0.478. The largest absolute Gasteiger partial charge is 0.497 e. The minimum absolute atomic E-state index is 0.478. The van der Waals surface area contributed by atoms with Crippen molar-refractivity contribution in [2.75, 3.05) is 19.4 Å². The molecule has 0 bridgehead atoms. The van der Waals surface area contributed by atoms with E-state index in [0.717, 1.165) is 12.3 Å². The molecule has 70 valence electrons. The Balaban J connectivity index is 2.12. The zero-order chi connectivity index (χ0) is 9.10. The SMILES string of the molecule is COc1ccc([C@@H]2NCCS2)cc1. The summed E-state index contributed by atoms with van der Waals surface area (Å²) in [5.74, 6) is 2.13. The van der Waals surface area contributed by atoms with Gasteiger partial charge >= 0.3 is 0 Å². The molecule has 2 rings (SSSR count). The quantitative estimate of drug-likeness (QED) is 0.780. The van der Waals surface area contributed by atoms with Crippen LogP contribution in [-0.2, 0) is 0 Å². The molecule has 1 heterocycles. The number of methoxy groups -OCH3 is 1. The Morgan fingerprint density at radius 2 is 2.15 bits per heavy atom. The van der Waals surface area contributed by atoms with Crippen molar-refractivity contribution in [2.45, 2.75) is 5.37 Å². The van der Waals surface area contributed by atoms with E-state index in [0.29, 0.717) is 5.37 Å². The van der Waals surface area contributed by atoms with Gasteiger partial charge in [-0.3, -0.25) is 0 Å². The highest BCUT2D eigenvalue weighted by Gasteiger charge is 2.15. The molecule has 0 aromatic heterocycles. The van der Waals surface area contributed by atoms with Gasteiger partial charge in [0, 0.05) is 12.3 Å². The zero-order valence-corrected chi connectivity index (χ0v) is 8.43. The number of thioether (sulfide) groups is 1. The molecule has 1 aromatic carbocycles. The lowest BCUT2D eigenvalue weighted by atomic mass is 10.2. The fourth-order valence-electron chi connectivity index (χ4n) is 1.42. The van der Waals surface area contributed by atoms with Crippen LogP contribution in [0, 0.1) is 0 Å². The molecule has 2 nitrogen and oxygen atoms in total. The van der Waals surface area contributed by atoms with Gasteiger partial charge in [-0.2, -0.15) is 0 Å². The van der Waals surface area contributed by atoms with Gasteiger partial charge in [-0.25, -0.2) is 0 Å². The molecule has 0 saturated carbocycles. The Hall–Kier alpha value is -0.670. The Morgan fingerprint density at radius 3 is 2.69 bits per heavy atom. The minimum Gasteiger partial charge on any atom is -0.497 e. The van der Waals surface area contributed by atoms with Crippen LogP contribution in [0.15, 0.2) is 24.3 Å². The van der Waals surface area contributed by atoms with E-state index < -0.39 is 0 Å². The van der Waals surface area contributed by atoms with Crippen molar-refractivity contribution in [1.29, 1.82) is 0 Å². The molecule has 1 atom stereocenters. The van der Waals surface area contributed by atoms with Crippen LogP contribution in [0.5, 0.6) is 5.75 Å². The normalized spacial score (nSPS) is 21.8. The lowest BCUT2D eigenvalue weighted by molar-refractivity contribution is 0.414. The summed E-state index contributed by atoms with van der Waals surface area (Å²) in [6.45, 7) is 1.11. The van der Waals surface area contributed by atoms with Crippen molar-refractivity contribution in [2.24, 2.45) is 0 Å². The molecule has 1 N–H and O–H groups in total. The summed E-state index contributed by atoms with van der Waals surface area (Å²) in [4.78, 5) is 0. The third-order valence-electron chi connectivity index (χ3n) is 2.13. The molecular weight excluding hydrogens is 182 g/mol. The van der Waals surface area contributed by atoms with Crippen LogP contribution in [0.3, 0.4) is 0 Å². The summed E-state index contributed by atoms with van der Waals surface area (Å²) in [5.41, 5.74) is 1.34. The molecule has 1 aliphatic rings. The van der Waals surface area contributed by atoms with Gasteiger partial charge in [0.05, 0.1) is 12.5 Å². The van der Waals surface area contributed by atoms with Crippen LogP contribution in [0.4, 0.5) is 0 Å². The molecule has 0 radical (unpaired) electrons. The second kappa shape index (κ2) is 4.03. The highest BCUT2D eigenvalue weighted by molar-refractivity contribution is 7.99. The summed E-state index contributed by atoms with van der Waals surface area (Å²) < 4.78 is 5.10. The van der Waals surface area contributed by atoms with Crippen molar-refractivity contribution in [3.63, 3.8) is 0 Å². The molecule has 3 heteroatoms. The van der Waals surface area contributed by atoms with Gasteiger partial charge in [0.2, 0.25) is 0 Å². The maximum atomic E-state index is 5.10. The van der Waals surface area contributed by atoms with E-state index in [-0.39, 0.29) is 0 Å². The van der Waals surface area contributed by atoms with Gasteiger partial charge < -0.3 is 10.1 Å². The lowest BCUT2D eigenvalue weighted by Crippen LogP contribution is -2.11. The second-order valence-corrected chi connectivity index (χ2v) is 4.19. The van der Waals surface area contributed by atoms with Gasteiger partial charge in [0.15, 0.2) is 0 Å². The Bertz CT molecular complexity index is 267. The Morgan fingerprint density at radius 1 is 1.38 bits per heavy atom. The van der Waals surface area contributed by atoms with Crippen LogP contribution in [0.2, 0.25) is 0 Å². The maximum absolute atomic E-state index is 5.10. The number of hydrogen-bond donors (Lipinski definition) is 1. The smallest absolute Gasteiger partial charge is 0.118 e. The average Bonchev–Trinajstić information content (AvgIpc) is 2.71. The molecule has 0 amide bonds. The molecule has 1 fully saturated rings. The number of ether oxygens (including phenoxy) is 1. The standard InChI is InChI=1S/C10H13NOS/c1-12-9-4-2-8(3-5-9)10-11-6-7-13-10/h2-5,10-11H,6-7H2,1H3/t10-/m1/s1. The van der Waals surface area contributed by atoms with Crippen LogP contribution >= 0.6 is 11.8 Å². The van der Waals surface area contributed by atoms with E-state index in [1.54, 1.807) is 7.11 Å². The predicted molar refractivity (Wildman–Crippen MR) is 56.2 cm³/mol. The molecule has 1 aromatic rings. The van der Waals surface area contributed by atoms with E-state index in [2.05, 4.69) is 17.4 Å².